The van der Waals surface area contributed by atoms with Crippen molar-refractivity contribution in [3.8, 4) is 0 Å². The van der Waals surface area contributed by atoms with Crippen molar-refractivity contribution in [3.63, 3.8) is 0 Å². The van der Waals surface area contributed by atoms with Gasteiger partial charge in [0.15, 0.2) is 0 Å². The highest BCUT2D eigenvalue weighted by Crippen LogP contribution is 2.26. The van der Waals surface area contributed by atoms with Crippen LogP contribution in [0.1, 0.15) is 26.3 Å². The van der Waals surface area contributed by atoms with Gasteiger partial charge in [-0.05, 0) is 42.9 Å². The Hall–Kier alpha value is -0.300. The van der Waals surface area contributed by atoms with Crippen molar-refractivity contribution in [2.45, 2.75) is 32.4 Å². The third-order valence-corrected chi connectivity index (χ3v) is 3.89. The van der Waals surface area contributed by atoms with Gasteiger partial charge in [-0.2, -0.15) is 5.10 Å². The van der Waals surface area contributed by atoms with E-state index in [1.807, 2.05) is 10.9 Å². The SMILES string of the molecule is CC(C)N1CCC(n2ncc(I)c2N)C1. The van der Waals surface area contributed by atoms with E-state index >= 15 is 0 Å². The molecule has 0 aliphatic carbocycles. The number of likely N-dealkylation sites (tertiary alicyclic amines) is 1. The molecule has 84 valence electrons. The molecule has 1 unspecified atom stereocenters. The number of rotatable bonds is 2. The lowest BCUT2D eigenvalue weighted by atomic mass is 10.3. The molecule has 2 N–H and O–H groups in total. The monoisotopic (exact) mass is 320 g/mol. The summed E-state index contributed by atoms with van der Waals surface area (Å²) in [6, 6.07) is 1.07. The highest BCUT2D eigenvalue weighted by atomic mass is 127. The summed E-state index contributed by atoms with van der Waals surface area (Å²) in [4.78, 5) is 2.47. The minimum absolute atomic E-state index is 0.455. The average molecular weight is 320 g/mol. The van der Waals surface area contributed by atoms with E-state index in [2.05, 4.69) is 46.4 Å². The number of aromatic nitrogens is 2. The van der Waals surface area contributed by atoms with Gasteiger partial charge in [0, 0.05) is 19.1 Å². The Bertz CT molecular complexity index is 347. The second kappa shape index (κ2) is 4.29. The topological polar surface area (TPSA) is 47.1 Å². The van der Waals surface area contributed by atoms with Gasteiger partial charge in [-0.1, -0.05) is 0 Å². The first-order valence-corrected chi connectivity index (χ1v) is 6.40. The highest BCUT2D eigenvalue weighted by molar-refractivity contribution is 14.1. The van der Waals surface area contributed by atoms with Crippen LogP contribution in [0.15, 0.2) is 6.20 Å². The summed E-state index contributed by atoms with van der Waals surface area (Å²) < 4.78 is 3.03. The molecule has 1 saturated heterocycles. The Morgan fingerprint density at radius 2 is 2.33 bits per heavy atom. The number of nitrogen functional groups attached to an aromatic ring is 1. The summed E-state index contributed by atoms with van der Waals surface area (Å²) in [5.74, 6) is 0.811. The van der Waals surface area contributed by atoms with E-state index in [0.717, 1.165) is 28.9 Å². The quantitative estimate of drug-likeness (QED) is 0.844. The second-order valence-corrected chi connectivity index (χ2v) is 5.52. The summed E-state index contributed by atoms with van der Waals surface area (Å²) in [5.41, 5.74) is 5.98. The molecule has 0 spiro atoms. The van der Waals surface area contributed by atoms with Crippen LogP contribution in [0.25, 0.3) is 0 Å². The fraction of sp³-hybridized carbons (Fsp3) is 0.700. The molecule has 1 aromatic heterocycles. The van der Waals surface area contributed by atoms with Crippen molar-refractivity contribution in [2.75, 3.05) is 18.8 Å². The van der Waals surface area contributed by atoms with E-state index in [9.17, 15) is 0 Å². The smallest absolute Gasteiger partial charge is 0.135 e. The van der Waals surface area contributed by atoms with E-state index in [1.165, 1.54) is 0 Å². The molecule has 0 saturated carbocycles. The molecule has 4 nitrogen and oxygen atoms in total. The van der Waals surface area contributed by atoms with Crippen molar-refractivity contribution in [3.05, 3.63) is 9.77 Å². The maximum absolute atomic E-state index is 5.98. The van der Waals surface area contributed by atoms with Crippen LogP contribution >= 0.6 is 22.6 Å². The predicted molar refractivity (Wildman–Crippen MR) is 69.7 cm³/mol. The van der Waals surface area contributed by atoms with Crippen LogP contribution in [-0.2, 0) is 0 Å². The van der Waals surface area contributed by atoms with Gasteiger partial charge < -0.3 is 5.73 Å². The third-order valence-electron chi connectivity index (χ3n) is 3.06. The van der Waals surface area contributed by atoms with E-state index in [1.54, 1.807) is 0 Å². The lowest BCUT2D eigenvalue weighted by Gasteiger charge is -2.20. The molecule has 1 atom stereocenters. The summed E-state index contributed by atoms with van der Waals surface area (Å²) in [6.45, 7) is 6.69. The fourth-order valence-electron chi connectivity index (χ4n) is 2.08. The van der Waals surface area contributed by atoms with Gasteiger partial charge in [-0.3, -0.25) is 4.90 Å². The summed E-state index contributed by atoms with van der Waals surface area (Å²) in [7, 11) is 0. The fourth-order valence-corrected chi connectivity index (χ4v) is 2.45. The van der Waals surface area contributed by atoms with Crippen LogP contribution in [0.4, 0.5) is 5.82 Å². The number of halogens is 1. The summed E-state index contributed by atoms with van der Waals surface area (Å²) >= 11 is 2.23. The van der Waals surface area contributed by atoms with Gasteiger partial charge in [0.25, 0.3) is 0 Å². The molecule has 1 fully saturated rings. The Labute approximate surface area is 104 Å². The van der Waals surface area contributed by atoms with Crippen molar-refractivity contribution in [2.24, 2.45) is 0 Å². The van der Waals surface area contributed by atoms with Crippen LogP contribution in [0, 0.1) is 3.57 Å². The minimum atomic E-state index is 0.455. The van der Waals surface area contributed by atoms with Gasteiger partial charge in [-0.25, -0.2) is 4.68 Å². The molecule has 1 aromatic rings. The molecule has 15 heavy (non-hydrogen) atoms. The van der Waals surface area contributed by atoms with E-state index in [0.29, 0.717) is 12.1 Å². The second-order valence-electron chi connectivity index (χ2n) is 4.35. The van der Waals surface area contributed by atoms with Crippen LogP contribution in [0.3, 0.4) is 0 Å². The summed E-state index contributed by atoms with van der Waals surface area (Å²) in [6.07, 6.45) is 2.99. The number of hydrogen-bond acceptors (Lipinski definition) is 3. The van der Waals surface area contributed by atoms with Crippen LogP contribution in [-0.4, -0.2) is 33.8 Å². The average Bonchev–Trinajstić information content (AvgIpc) is 2.76. The molecule has 5 heteroatoms. The number of anilines is 1. The number of nitrogens with two attached hydrogens (primary N) is 1. The zero-order chi connectivity index (χ0) is 11.0. The molecular weight excluding hydrogens is 303 g/mol. The van der Waals surface area contributed by atoms with E-state index < -0.39 is 0 Å². The zero-order valence-electron chi connectivity index (χ0n) is 9.15. The van der Waals surface area contributed by atoms with Crippen LogP contribution < -0.4 is 5.73 Å². The molecule has 1 aliphatic heterocycles. The standard InChI is InChI=1S/C10H17IN4/c1-7(2)14-4-3-8(6-14)15-10(12)9(11)5-13-15/h5,7-8H,3-4,6,12H2,1-2H3. The van der Waals surface area contributed by atoms with Gasteiger partial charge in [0.05, 0.1) is 15.8 Å². The molecule has 0 aromatic carbocycles. The van der Waals surface area contributed by atoms with Crippen LogP contribution in [0.2, 0.25) is 0 Å². The molecule has 0 amide bonds. The summed E-state index contributed by atoms with van der Waals surface area (Å²) in [5, 5.41) is 4.35. The van der Waals surface area contributed by atoms with Gasteiger partial charge >= 0.3 is 0 Å². The van der Waals surface area contributed by atoms with Crippen molar-refractivity contribution in [1.29, 1.82) is 0 Å². The molecule has 1 aliphatic rings. The largest absolute Gasteiger partial charge is 0.383 e. The minimum Gasteiger partial charge on any atom is -0.383 e. The lowest BCUT2D eigenvalue weighted by molar-refractivity contribution is 0.263. The Morgan fingerprint density at radius 3 is 2.80 bits per heavy atom. The van der Waals surface area contributed by atoms with Crippen molar-refractivity contribution >= 4 is 28.4 Å². The number of nitrogens with zero attached hydrogens (tertiary/aromatic N) is 3. The Balaban J connectivity index is 2.11. The maximum atomic E-state index is 5.98. The first kappa shape index (κ1) is 11.2. The molecular formula is C10H17IN4. The molecule has 2 heterocycles. The van der Waals surface area contributed by atoms with E-state index in [-0.39, 0.29) is 0 Å². The first-order valence-electron chi connectivity index (χ1n) is 5.32. The molecule has 0 radical (unpaired) electrons. The first-order chi connectivity index (χ1) is 7.09. The Kier molecular flexibility index (Phi) is 3.20. The Morgan fingerprint density at radius 1 is 1.60 bits per heavy atom. The van der Waals surface area contributed by atoms with Gasteiger partial charge in [0.2, 0.25) is 0 Å². The predicted octanol–water partition coefficient (Wildman–Crippen LogP) is 1.73. The normalized spacial score (nSPS) is 22.8. The zero-order valence-corrected chi connectivity index (χ0v) is 11.3. The van der Waals surface area contributed by atoms with Crippen molar-refractivity contribution < 1.29 is 0 Å². The maximum Gasteiger partial charge on any atom is 0.135 e. The van der Waals surface area contributed by atoms with Crippen molar-refractivity contribution in [1.82, 2.24) is 14.7 Å². The molecule has 0 bridgehead atoms. The van der Waals surface area contributed by atoms with Gasteiger partial charge in [0.1, 0.15) is 5.82 Å². The van der Waals surface area contributed by atoms with E-state index in [4.69, 9.17) is 5.73 Å². The number of hydrogen-bond donors (Lipinski definition) is 1. The van der Waals surface area contributed by atoms with Gasteiger partial charge in [-0.15, -0.1) is 0 Å². The third kappa shape index (κ3) is 2.13. The molecule has 2 rings (SSSR count). The van der Waals surface area contributed by atoms with Crippen LogP contribution in [0.5, 0.6) is 0 Å². The lowest BCUT2D eigenvalue weighted by Crippen LogP contribution is -2.29. The highest BCUT2D eigenvalue weighted by Gasteiger charge is 2.27.